The predicted octanol–water partition coefficient (Wildman–Crippen LogP) is 3.50. The summed E-state index contributed by atoms with van der Waals surface area (Å²) >= 11 is 0. The molecule has 1 N–H and O–H groups in total. The van der Waals surface area contributed by atoms with Crippen molar-refractivity contribution < 1.29 is 9.90 Å². The molecule has 1 aromatic rings. The molecular formula is C16H21NO2. The fraction of sp³-hybridized carbons (Fsp3) is 0.312. The third kappa shape index (κ3) is 4.62. The van der Waals surface area contributed by atoms with E-state index in [9.17, 15) is 4.79 Å². The second-order valence-electron chi connectivity index (χ2n) is 4.47. The van der Waals surface area contributed by atoms with Crippen molar-refractivity contribution in [2.45, 2.75) is 20.3 Å². The smallest absolute Gasteiger partial charge is 0.328 e. The Kier molecular flexibility index (Phi) is 5.86. The van der Waals surface area contributed by atoms with Crippen molar-refractivity contribution >= 4 is 17.7 Å². The zero-order valence-corrected chi connectivity index (χ0v) is 11.6. The van der Waals surface area contributed by atoms with Crippen molar-refractivity contribution in [2.75, 3.05) is 18.0 Å². The molecule has 0 aliphatic carbocycles. The van der Waals surface area contributed by atoms with Gasteiger partial charge in [-0.05, 0) is 37.1 Å². The van der Waals surface area contributed by atoms with Gasteiger partial charge < -0.3 is 10.0 Å². The van der Waals surface area contributed by atoms with Crippen molar-refractivity contribution in [3.8, 4) is 0 Å². The molecule has 0 saturated carbocycles. The van der Waals surface area contributed by atoms with Crippen molar-refractivity contribution in [2.24, 2.45) is 0 Å². The molecule has 0 atom stereocenters. The van der Waals surface area contributed by atoms with Crippen LogP contribution in [0, 0.1) is 6.92 Å². The number of benzene rings is 1. The predicted molar refractivity (Wildman–Crippen MR) is 80.5 cm³/mol. The van der Waals surface area contributed by atoms with E-state index >= 15 is 0 Å². The number of carboxylic acid groups (broad SMARTS) is 1. The lowest BCUT2D eigenvalue weighted by molar-refractivity contribution is -0.131. The van der Waals surface area contributed by atoms with Gasteiger partial charge in [0.05, 0.1) is 0 Å². The maximum absolute atomic E-state index is 10.7. The van der Waals surface area contributed by atoms with Gasteiger partial charge in [0.2, 0.25) is 0 Å². The van der Waals surface area contributed by atoms with Crippen LogP contribution in [-0.4, -0.2) is 24.2 Å². The van der Waals surface area contributed by atoms with Crippen molar-refractivity contribution in [1.29, 1.82) is 0 Å². The van der Waals surface area contributed by atoms with E-state index in [-0.39, 0.29) is 0 Å². The van der Waals surface area contributed by atoms with Gasteiger partial charge in [-0.2, -0.15) is 0 Å². The van der Waals surface area contributed by atoms with Gasteiger partial charge in [0, 0.05) is 24.9 Å². The monoisotopic (exact) mass is 259 g/mol. The molecule has 0 amide bonds. The summed E-state index contributed by atoms with van der Waals surface area (Å²) < 4.78 is 0. The van der Waals surface area contributed by atoms with Crippen LogP contribution in [0.15, 0.2) is 36.9 Å². The molecule has 0 fully saturated rings. The molecule has 0 bridgehead atoms. The number of aryl methyl sites for hydroxylation is 1. The molecule has 3 nitrogen and oxygen atoms in total. The van der Waals surface area contributed by atoms with E-state index in [0.717, 1.165) is 36.3 Å². The largest absolute Gasteiger partial charge is 0.478 e. The van der Waals surface area contributed by atoms with Crippen LogP contribution in [0.3, 0.4) is 0 Å². The highest BCUT2D eigenvalue weighted by molar-refractivity contribution is 5.87. The third-order valence-corrected chi connectivity index (χ3v) is 2.77. The van der Waals surface area contributed by atoms with Gasteiger partial charge in [-0.1, -0.05) is 24.6 Å². The summed E-state index contributed by atoms with van der Waals surface area (Å²) in [6.07, 6.45) is 5.72. The second-order valence-corrected chi connectivity index (χ2v) is 4.47. The van der Waals surface area contributed by atoms with Gasteiger partial charge in [0.1, 0.15) is 0 Å². The Labute approximate surface area is 114 Å². The van der Waals surface area contributed by atoms with Gasteiger partial charge in [-0.3, -0.25) is 0 Å². The van der Waals surface area contributed by atoms with Crippen LogP contribution in [0.2, 0.25) is 0 Å². The van der Waals surface area contributed by atoms with Gasteiger partial charge in [-0.15, -0.1) is 6.58 Å². The third-order valence-electron chi connectivity index (χ3n) is 2.77. The van der Waals surface area contributed by atoms with E-state index in [4.69, 9.17) is 5.11 Å². The van der Waals surface area contributed by atoms with Crippen molar-refractivity contribution in [3.63, 3.8) is 0 Å². The minimum Gasteiger partial charge on any atom is -0.478 e. The molecule has 19 heavy (non-hydrogen) atoms. The lowest BCUT2D eigenvalue weighted by Crippen LogP contribution is -2.24. The van der Waals surface area contributed by atoms with Gasteiger partial charge in [0.15, 0.2) is 0 Å². The van der Waals surface area contributed by atoms with Crippen molar-refractivity contribution in [3.05, 3.63) is 48.1 Å². The van der Waals surface area contributed by atoms with Gasteiger partial charge in [-0.25, -0.2) is 4.79 Å². The summed E-state index contributed by atoms with van der Waals surface area (Å²) in [6.45, 7) is 9.57. The van der Waals surface area contributed by atoms with Gasteiger partial charge >= 0.3 is 5.97 Å². The zero-order valence-electron chi connectivity index (χ0n) is 11.6. The molecule has 1 aromatic carbocycles. The van der Waals surface area contributed by atoms with E-state index in [1.54, 1.807) is 6.08 Å². The fourth-order valence-corrected chi connectivity index (χ4v) is 1.99. The summed E-state index contributed by atoms with van der Waals surface area (Å²) in [6, 6.07) is 6.08. The van der Waals surface area contributed by atoms with Gasteiger partial charge in [0.25, 0.3) is 0 Å². The first-order valence-electron chi connectivity index (χ1n) is 6.46. The Morgan fingerprint density at radius 1 is 1.47 bits per heavy atom. The Balaban J connectivity index is 3.15. The van der Waals surface area contributed by atoms with E-state index in [1.807, 2.05) is 31.2 Å². The molecule has 102 valence electrons. The van der Waals surface area contributed by atoms with E-state index in [2.05, 4.69) is 18.4 Å². The lowest BCUT2D eigenvalue weighted by Gasteiger charge is -2.25. The number of hydrogen-bond acceptors (Lipinski definition) is 2. The maximum atomic E-state index is 10.7. The molecule has 3 heteroatoms. The normalized spacial score (nSPS) is 10.6. The summed E-state index contributed by atoms with van der Waals surface area (Å²) in [5.74, 6) is -0.932. The fourth-order valence-electron chi connectivity index (χ4n) is 1.99. The highest BCUT2D eigenvalue weighted by Gasteiger charge is 2.08. The minimum atomic E-state index is -0.932. The van der Waals surface area contributed by atoms with Crippen LogP contribution in [0.1, 0.15) is 24.5 Å². The molecule has 0 aliphatic heterocycles. The first-order chi connectivity index (χ1) is 9.08. The second kappa shape index (κ2) is 7.41. The average Bonchev–Trinajstić information content (AvgIpc) is 2.36. The average molecular weight is 259 g/mol. The van der Waals surface area contributed by atoms with Crippen LogP contribution in [0.4, 0.5) is 5.69 Å². The Hall–Kier alpha value is -2.03. The zero-order chi connectivity index (χ0) is 14.3. The topological polar surface area (TPSA) is 40.5 Å². The standard InChI is InChI=1S/C16H21NO2/c1-4-10-17(11-5-2)15-8-6-13(3)12-14(15)7-9-16(18)19/h4,6-9,12H,1,5,10-11H2,2-3H3,(H,18,19)/b9-7+. The van der Waals surface area contributed by atoms with Crippen LogP contribution < -0.4 is 4.90 Å². The molecule has 0 saturated heterocycles. The summed E-state index contributed by atoms with van der Waals surface area (Å²) in [7, 11) is 0. The Morgan fingerprint density at radius 2 is 2.21 bits per heavy atom. The molecule has 0 heterocycles. The van der Waals surface area contributed by atoms with Crippen molar-refractivity contribution in [1.82, 2.24) is 0 Å². The number of rotatable bonds is 7. The number of carboxylic acids is 1. The lowest BCUT2D eigenvalue weighted by atomic mass is 10.1. The minimum absolute atomic E-state index is 0.755. The number of aliphatic carboxylic acids is 1. The molecule has 0 unspecified atom stereocenters. The highest BCUT2D eigenvalue weighted by Crippen LogP contribution is 2.23. The highest BCUT2D eigenvalue weighted by atomic mass is 16.4. The SMILES string of the molecule is C=CCN(CCC)c1ccc(C)cc1/C=C/C(=O)O. The van der Waals surface area contributed by atoms with E-state index < -0.39 is 5.97 Å². The summed E-state index contributed by atoms with van der Waals surface area (Å²) in [4.78, 5) is 12.9. The van der Waals surface area contributed by atoms with Crippen LogP contribution in [0.5, 0.6) is 0 Å². The van der Waals surface area contributed by atoms with Crippen LogP contribution in [-0.2, 0) is 4.79 Å². The Bertz CT molecular complexity index is 478. The quantitative estimate of drug-likeness (QED) is 0.602. The number of anilines is 1. The Morgan fingerprint density at radius 3 is 2.79 bits per heavy atom. The number of hydrogen-bond donors (Lipinski definition) is 1. The van der Waals surface area contributed by atoms with E-state index in [1.165, 1.54) is 6.08 Å². The number of nitrogens with zero attached hydrogens (tertiary/aromatic N) is 1. The van der Waals surface area contributed by atoms with E-state index in [0.29, 0.717) is 0 Å². The molecule has 1 rings (SSSR count). The first-order valence-corrected chi connectivity index (χ1v) is 6.46. The first kappa shape index (κ1) is 15.0. The summed E-state index contributed by atoms with van der Waals surface area (Å²) in [5, 5.41) is 8.76. The summed E-state index contributed by atoms with van der Waals surface area (Å²) in [5.41, 5.74) is 3.09. The van der Waals surface area contributed by atoms with Crippen LogP contribution >= 0.6 is 0 Å². The molecular weight excluding hydrogens is 238 g/mol. The molecule has 0 aromatic heterocycles. The molecule has 0 aliphatic rings. The molecule has 0 radical (unpaired) electrons. The number of carbonyl (C=O) groups is 1. The molecule has 0 spiro atoms. The van der Waals surface area contributed by atoms with Crippen LogP contribution in [0.25, 0.3) is 6.08 Å². The maximum Gasteiger partial charge on any atom is 0.328 e.